The van der Waals surface area contributed by atoms with Crippen molar-refractivity contribution >= 4 is 21.6 Å². The summed E-state index contributed by atoms with van der Waals surface area (Å²) < 4.78 is 55.9. The molecule has 0 saturated heterocycles. The Morgan fingerprint density at radius 2 is 1.86 bits per heavy atom. The summed E-state index contributed by atoms with van der Waals surface area (Å²) in [5.41, 5.74) is -3.50. The maximum atomic E-state index is 14.0. The Hall–Kier alpha value is -2.19. The largest absolute Gasteiger partial charge is 0.417 e. The molecule has 0 fully saturated rings. The SMILES string of the molecule is Cc1ccc(F)cc1C(C)(C)CC(O)(Cc1c[nH]c2ccsc2c1=O)C(F)(F)F. The molecule has 156 valence electrons. The summed E-state index contributed by atoms with van der Waals surface area (Å²) in [5, 5.41) is 12.4. The zero-order valence-electron chi connectivity index (χ0n) is 16.2. The lowest BCUT2D eigenvalue weighted by Gasteiger charge is -2.38. The summed E-state index contributed by atoms with van der Waals surface area (Å²) in [6.07, 6.45) is -5.38. The first-order valence-electron chi connectivity index (χ1n) is 8.98. The van der Waals surface area contributed by atoms with Crippen molar-refractivity contribution in [2.75, 3.05) is 0 Å². The lowest BCUT2D eigenvalue weighted by Crippen LogP contribution is -2.51. The van der Waals surface area contributed by atoms with Crippen molar-refractivity contribution in [2.24, 2.45) is 0 Å². The van der Waals surface area contributed by atoms with Crippen LogP contribution in [0.3, 0.4) is 0 Å². The highest BCUT2D eigenvalue weighted by Gasteiger charge is 2.56. The molecule has 0 aliphatic heterocycles. The fraction of sp³-hybridized carbons (Fsp3) is 0.381. The van der Waals surface area contributed by atoms with Crippen LogP contribution in [-0.4, -0.2) is 21.9 Å². The van der Waals surface area contributed by atoms with Crippen LogP contribution in [0.1, 0.15) is 37.0 Å². The number of pyridine rings is 1. The van der Waals surface area contributed by atoms with E-state index in [0.29, 0.717) is 21.3 Å². The van der Waals surface area contributed by atoms with E-state index in [1.54, 1.807) is 18.4 Å². The number of rotatable bonds is 5. The van der Waals surface area contributed by atoms with Gasteiger partial charge in [-0.3, -0.25) is 4.79 Å². The van der Waals surface area contributed by atoms with Gasteiger partial charge in [0.2, 0.25) is 5.43 Å². The van der Waals surface area contributed by atoms with Gasteiger partial charge in [-0.05, 0) is 53.5 Å². The number of hydrogen-bond donors (Lipinski definition) is 2. The first-order chi connectivity index (χ1) is 13.3. The average molecular weight is 427 g/mol. The Labute approximate surface area is 169 Å². The molecule has 0 bridgehead atoms. The van der Waals surface area contributed by atoms with E-state index in [2.05, 4.69) is 4.98 Å². The zero-order valence-corrected chi connectivity index (χ0v) is 17.0. The molecule has 2 N–H and O–H groups in total. The van der Waals surface area contributed by atoms with Gasteiger partial charge in [0, 0.05) is 18.2 Å². The molecule has 8 heteroatoms. The third-order valence-electron chi connectivity index (χ3n) is 5.24. The Balaban J connectivity index is 2.03. The molecule has 3 aromatic rings. The third-order valence-corrected chi connectivity index (χ3v) is 6.15. The monoisotopic (exact) mass is 427 g/mol. The maximum Gasteiger partial charge on any atom is 0.417 e. The first kappa shape index (κ1) is 21.5. The molecule has 2 aromatic heterocycles. The van der Waals surface area contributed by atoms with Gasteiger partial charge in [-0.15, -0.1) is 11.3 Å². The molecule has 3 nitrogen and oxygen atoms in total. The first-order valence-corrected chi connectivity index (χ1v) is 9.85. The summed E-state index contributed by atoms with van der Waals surface area (Å²) in [7, 11) is 0. The maximum absolute atomic E-state index is 14.0. The van der Waals surface area contributed by atoms with E-state index in [4.69, 9.17) is 0 Å². The Morgan fingerprint density at radius 1 is 1.17 bits per heavy atom. The second-order valence-electron chi connectivity index (χ2n) is 8.03. The van der Waals surface area contributed by atoms with Gasteiger partial charge in [0.25, 0.3) is 0 Å². The van der Waals surface area contributed by atoms with Crippen LogP contribution in [0.25, 0.3) is 10.2 Å². The molecule has 0 radical (unpaired) electrons. The van der Waals surface area contributed by atoms with Gasteiger partial charge < -0.3 is 10.1 Å². The molecule has 1 aromatic carbocycles. The van der Waals surface area contributed by atoms with Gasteiger partial charge in [0.15, 0.2) is 5.60 Å². The topological polar surface area (TPSA) is 53.1 Å². The third kappa shape index (κ3) is 4.09. The summed E-state index contributed by atoms with van der Waals surface area (Å²) in [6.45, 7) is 4.73. The van der Waals surface area contributed by atoms with Gasteiger partial charge in [-0.2, -0.15) is 13.2 Å². The second kappa shape index (κ2) is 7.25. The zero-order chi connectivity index (χ0) is 21.6. The lowest BCUT2D eigenvalue weighted by atomic mass is 9.72. The summed E-state index contributed by atoms with van der Waals surface area (Å²) in [5.74, 6) is -0.561. The number of nitrogens with one attached hydrogen (secondary N) is 1. The molecule has 0 spiro atoms. The van der Waals surface area contributed by atoms with Crippen molar-refractivity contribution in [1.29, 1.82) is 0 Å². The quantitative estimate of drug-likeness (QED) is 0.547. The van der Waals surface area contributed by atoms with Crippen molar-refractivity contribution in [3.05, 3.63) is 68.6 Å². The van der Waals surface area contributed by atoms with E-state index in [9.17, 15) is 27.5 Å². The summed E-state index contributed by atoms with van der Waals surface area (Å²) in [4.78, 5) is 15.4. The predicted molar refractivity (Wildman–Crippen MR) is 106 cm³/mol. The molecule has 0 amide bonds. The number of thiophene rings is 1. The van der Waals surface area contributed by atoms with E-state index in [1.807, 2.05) is 0 Å². The van der Waals surface area contributed by atoms with Crippen molar-refractivity contribution in [3.63, 3.8) is 0 Å². The van der Waals surface area contributed by atoms with Crippen LogP contribution in [0.15, 0.2) is 40.6 Å². The van der Waals surface area contributed by atoms with Crippen LogP contribution in [0.4, 0.5) is 17.6 Å². The van der Waals surface area contributed by atoms with E-state index < -0.39 is 41.3 Å². The van der Waals surface area contributed by atoms with Crippen molar-refractivity contribution in [3.8, 4) is 0 Å². The normalized spacial score (nSPS) is 14.9. The fourth-order valence-corrected chi connectivity index (χ4v) is 4.67. The number of aliphatic hydroxyl groups is 1. The highest BCUT2D eigenvalue weighted by atomic mass is 32.1. The van der Waals surface area contributed by atoms with Crippen molar-refractivity contribution < 1.29 is 22.7 Å². The van der Waals surface area contributed by atoms with Crippen LogP contribution in [0, 0.1) is 12.7 Å². The smallest absolute Gasteiger partial charge is 0.380 e. The highest BCUT2D eigenvalue weighted by Crippen LogP contribution is 2.43. The molecule has 1 unspecified atom stereocenters. The highest BCUT2D eigenvalue weighted by molar-refractivity contribution is 7.17. The van der Waals surface area contributed by atoms with Crippen molar-refractivity contribution in [2.45, 2.75) is 50.8 Å². The Morgan fingerprint density at radius 3 is 2.52 bits per heavy atom. The van der Waals surface area contributed by atoms with Crippen molar-refractivity contribution in [1.82, 2.24) is 4.98 Å². The molecule has 0 aliphatic rings. The molecular formula is C21H21F4NO2S. The number of benzene rings is 1. The van der Waals surface area contributed by atoms with Gasteiger partial charge in [-0.1, -0.05) is 19.9 Å². The minimum Gasteiger partial charge on any atom is -0.380 e. The number of aryl methyl sites for hydroxylation is 1. The van der Waals surface area contributed by atoms with E-state index in [1.165, 1.54) is 38.2 Å². The minimum absolute atomic E-state index is 0.147. The van der Waals surface area contributed by atoms with E-state index >= 15 is 0 Å². The van der Waals surface area contributed by atoms with Gasteiger partial charge >= 0.3 is 6.18 Å². The number of hydrogen-bond acceptors (Lipinski definition) is 3. The molecule has 0 saturated carbocycles. The van der Waals surface area contributed by atoms with Crippen LogP contribution in [-0.2, 0) is 11.8 Å². The van der Waals surface area contributed by atoms with Crippen LogP contribution >= 0.6 is 11.3 Å². The number of H-pyrrole nitrogens is 1. The number of fused-ring (bicyclic) bond motifs is 1. The number of halogens is 4. The van der Waals surface area contributed by atoms with Gasteiger partial charge in [0.05, 0.1) is 10.2 Å². The lowest BCUT2D eigenvalue weighted by molar-refractivity contribution is -0.266. The molecule has 1 atom stereocenters. The molecule has 3 rings (SSSR count). The standard InChI is InChI=1S/C21H21F4NO2S/c1-12-4-5-14(22)8-15(12)19(2,3)11-20(28,21(23,24)25)9-13-10-26-16-6-7-29-18(16)17(13)27/h4-8,10,28H,9,11H2,1-3H3,(H,26,27). The fourth-order valence-electron chi connectivity index (χ4n) is 3.83. The average Bonchev–Trinajstić information content (AvgIpc) is 3.07. The molecule has 29 heavy (non-hydrogen) atoms. The van der Waals surface area contributed by atoms with Crippen LogP contribution in [0.2, 0.25) is 0 Å². The number of aromatic amines is 1. The van der Waals surface area contributed by atoms with Gasteiger partial charge in [0.1, 0.15) is 5.82 Å². The summed E-state index contributed by atoms with van der Waals surface area (Å²) >= 11 is 1.13. The van der Waals surface area contributed by atoms with E-state index in [0.717, 1.165) is 11.3 Å². The Bertz CT molecular complexity index is 1100. The van der Waals surface area contributed by atoms with Crippen LogP contribution in [0.5, 0.6) is 0 Å². The molecular weight excluding hydrogens is 406 g/mol. The minimum atomic E-state index is -4.98. The number of alkyl halides is 3. The van der Waals surface area contributed by atoms with Gasteiger partial charge in [-0.25, -0.2) is 4.39 Å². The second-order valence-corrected chi connectivity index (χ2v) is 8.95. The predicted octanol–water partition coefficient (Wildman–Crippen LogP) is 5.24. The number of aromatic nitrogens is 1. The summed E-state index contributed by atoms with van der Waals surface area (Å²) in [6, 6.07) is 5.59. The Kier molecular flexibility index (Phi) is 5.38. The molecule has 0 aliphatic carbocycles. The molecule has 2 heterocycles. The van der Waals surface area contributed by atoms with Crippen LogP contribution < -0.4 is 5.43 Å². The van der Waals surface area contributed by atoms with E-state index in [-0.39, 0.29) is 5.56 Å².